The van der Waals surface area contributed by atoms with Gasteiger partial charge in [0.05, 0.1) is 5.92 Å². The van der Waals surface area contributed by atoms with E-state index in [0.717, 1.165) is 52.2 Å². The first-order valence-electron chi connectivity index (χ1n) is 8.29. The van der Waals surface area contributed by atoms with Crippen LogP contribution < -0.4 is 5.32 Å². The second-order valence-electron chi connectivity index (χ2n) is 7.25. The van der Waals surface area contributed by atoms with Gasteiger partial charge in [0.1, 0.15) is 5.60 Å². The standard InChI is InChI=1S/C16H31N3O2/c1-5-18-6-8-19(9-7-18)14-10-13(11-17-12-14)15(20)21-16(2,3)4/h13-14,17H,5-12H2,1-4H3/t13-,14-/m0/s1. The summed E-state index contributed by atoms with van der Waals surface area (Å²) in [6, 6.07) is 0.468. The zero-order valence-electron chi connectivity index (χ0n) is 14.0. The van der Waals surface area contributed by atoms with Gasteiger partial charge in [0.25, 0.3) is 0 Å². The Morgan fingerprint density at radius 3 is 2.43 bits per heavy atom. The fourth-order valence-electron chi connectivity index (χ4n) is 3.21. The van der Waals surface area contributed by atoms with Crippen molar-refractivity contribution in [3.05, 3.63) is 0 Å². The number of esters is 1. The van der Waals surface area contributed by atoms with Gasteiger partial charge in [0.15, 0.2) is 0 Å². The van der Waals surface area contributed by atoms with Crippen LogP contribution in [0.2, 0.25) is 0 Å². The van der Waals surface area contributed by atoms with E-state index in [1.165, 1.54) is 0 Å². The molecule has 2 heterocycles. The third kappa shape index (κ3) is 4.94. The van der Waals surface area contributed by atoms with Crippen molar-refractivity contribution in [2.45, 2.75) is 45.8 Å². The number of carbonyl (C=O) groups excluding carboxylic acids is 1. The monoisotopic (exact) mass is 297 g/mol. The Balaban J connectivity index is 1.85. The highest BCUT2D eigenvalue weighted by Gasteiger charge is 2.34. The molecule has 0 radical (unpaired) electrons. The number of piperazine rings is 1. The van der Waals surface area contributed by atoms with Gasteiger partial charge in [-0.25, -0.2) is 0 Å². The van der Waals surface area contributed by atoms with Crippen LogP contribution in [0.15, 0.2) is 0 Å². The van der Waals surface area contributed by atoms with E-state index < -0.39 is 5.60 Å². The van der Waals surface area contributed by atoms with Gasteiger partial charge in [-0.1, -0.05) is 6.92 Å². The lowest BCUT2D eigenvalue weighted by Crippen LogP contribution is -2.56. The molecular formula is C16H31N3O2. The van der Waals surface area contributed by atoms with Crippen molar-refractivity contribution in [2.75, 3.05) is 45.8 Å². The number of rotatable bonds is 3. The summed E-state index contributed by atoms with van der Waals surface area (Å²) < 4.78 is 5.54. The maximum atomic E-state index is 12.3. The van der Waals surface area contributed by atoms with E-state index in [4.69, 9.17) is 4.74 Å². The molecule has 122 valence electrons. The minimum atomic E-state index is -0.392. The van der Waals surface area contributed by atoms with Gasteiger partial charge in [-0.05, 0) is 33.7 Å². The molecule has 0 aromatic heterocycles. The first kappa shape index (κ1) is 16.7. The highest BCUT2D eigenvalue weighted by Crippen LogP contribution is 2.21. The Hall–Kier alpha value is -0.650. The molecule has 0 spiro atoms. The van der Waals surface area contributed by atoms with Crippen LogP contribution in [0, 0.1) is 5.92 Å². The molecule has 0 bridgehead atoms. The van der Waals surface area contributed by atoms with Gasteiger partial charge < -0.3 is 15.0 Å². The average Bonchev–Trinajstić information content (AvgIpc) is 2.46. The van der Waals surface area contributed by atoms with Gasteiger partial charge in [-0.15, -0.1) is 0 Å². The summed E-state index contributed by atoms with van der Waals surface area (Å²) in [5.41, 5.74) is -0.392. The molecule has 1 N–H and O–H groups in total. The number of piperidine rings is 1. The molecule has 0 unspecified atom stereocenters. The summed E-state index contributed by atoms with van der Waals surface area (Å²) in [5.74, 6) is -0.0564. The molecular weight excluding hydrogens is 266 g/mol. The lowest BCUT2D eigenvalue weighted by atomic mass is 9.94. The van der Waals surface area contributed by atoms with E-state index in [9.17, 15) is 4.79 Å². The van der Waals surface area contributed by atoms with Crippen molar-refractivity contribution in [1.29, 1.82) is 0 Å². The van der Waals surface area contributed by atoms with E-state index in [-0.39, 0.29) is 11.9 Å². The summed E-state index contributed by atoms with van der Waals surface area (Å²) in [6.07, 6.45) is 0.925. The smallest absolute Gasteiger partial charge is 0.310 e. The second kappa shape index (κ2) is 7.07. The molecule has 0 aromatic carbocycles. The van der Waals surface area contributed by atoms with Crippen LogP contribution in [0.5, 0.6) is 0 Å². The maximum absolute atomic E-state index is 12.3. The average molecular weight is 297 g/mol. The zero-order chi connectivity index (χ0) is 15.5. The Labute approximate surface area is 129 Å². The van der Waals surface area contributed by atoms with Gasteiger partial charge in [0, 0.05) is 45.3 Å². The number of ether oxygens (including phenoxy) is 1. The molecule has 2 aliphatic heterocycles. The lowest BCUT2D eigenvalue weighted by Gasteiger charge is -2.42. The number of hydrogen-bond donors (Lipinski definition) is 1. The van der Waals surface area contributed by atoms with Gasteiger partial charge in [-0.2, -0.15) is 0 Å². The van der Waals surface area contributed by atoms with Crippen molar-refractivity contribution in [3.63, 3.8) is 0 Å². The highest BCUT2D eigenvalue weighted by molar-refractivity contribution is 5.73. The molecule has 21 heavy (non-hydrogen) atoms. The van der Waals surface area contributed by atoms with E-state index in [1.54, 1.807) is 0 Å². The molecule has 2 saturated heterocycles. The molecule has 2 rings (SSSR count). The fraction of sp³-hybridized carbons (Fsp3) is 0.938. The Bertz CT molecular complexity index is 346. The molecule has 5 nitrogen and oxygen atoms in total. The predicted molar refractivity (Wildman–Crippen MR) is 84.3 cm³/mol. The van der Waals surface area contributed by atoms with Crippen LogP contribution in [0.1, 0.15) is 34.1 Å². The van der Waals surface area contributed by atoms with E-state index in [0.29, 0.717) is 6.04 Å². The molecule has 5 heteroatoms. The van der Waals surface area contributed by atoms with Crippen molar-refractivity contribution < 1.29 is 9.53 Å². The summed E-state index contributed by atoms with van der Waals surface area (Å²) in [7, 11) is 0. The molecule has 0 aromatic rings. The van der Waals surface area contributed by atoms with Crippen molar-refractivity contribution in [3.8, 4) is 0 Å². The first-order valence-corrected chi connectivity index (χ1v) is 8.29. The quantitative estimate of drug-likeness (QED) is 0.786. The largest absolute Gasteiger partial charge is 0.460 e. The minimum absolute atomic E-state index is 0.00724. The molecule has 0 amide bonds. The predicted octanol–water partition coefficient (Wildman–Crippen LogP) is 0.944. The van der Waals surface area contributed by atoms with Crippen LogP contribution in [0.4, 0.5) is 0 Å². The highest BCUT2D eigenvalue weighted by atomic mass is 16.6. The van der Waals surface area contributed by atoms with Crippen LogP contribution in [-0.2, 0) is 9.53 Å². The minimum Gasteiger partial charge on any atom is -0.460 e. The third-order valence-corrected chi connectivity index (χ3v) is 4.44. The van der Waals surface area contributed by atoms with Gasteiger partial charge in [0.2, 0.25) is 0 Å². The molecule has 0 aliphatic carbocycles. The number of nitrogens with zero attached hydrogens (tertiary/aromatic N) is 2. The van der Waals surface area contributed by atoms with Crippen molar-refractivity contribution >= 4 is 5.97 Å². The molecule has 0 saturated carbocycles. The number of likely N-dealkylation sites (N-methyl/N-ethyl adjacent to an activating group) is 1. The Morgan fingerprint density at radius 1 is 1.19 bits per heavy atom. The van der Waals surface area contributed by atoms with Crippen LogP contribution >= 0.6 is 0 Å². The zero-order valence-corrected chi connectivity index (χ0v) is 14.0. The van der Waals surface area contributed by atoms with E-state index >= 15 is 0 Å². The Morgan fingerprint density at radius 2 is 1.86 bits per heavy atom. The summed E-state index contributed by atoms with van der Waals surface area (Å²) in [5, 5.41) is 3.42. The topological polar surface area (TPSA) is 44.8 Å². The van der Waals surface area contributed by atoms with Crippen LogP contribution in [0.25, 0.3) is 0 Å². The summed E-state index contributed by atoms with van der Waals surface area (Å²) in [6.45, 7) is 15.4. The number of hydrogen-bond acceptors (Lipinski definition) is 5. The second-order valence-corrected chi connectivity index (χ2v) is 7.25. The number of carbonyl (C=O) groups is 1. The normalized spacial score (nSPS) is 29.3. The van der Waals surface area contributed by atoms with Gasteiger partial charge in [-0.3, -0.25) is 9.69 Å². The summed E-state index contributed by atoms with van der Waals surface area (Å²) >= 11 is 0. The first-order chi connectivity index (χ1) is 9.89. The third-order valence-electron chi connectivity index (χ3n) is 4.44. The molecule has 2 aliphatic rings. The van der Waals surface area contributed by atoms with E-state index in [2.05, 4.69) is 22.0 Å². The van der Waals surface area contributed by atoms with E-state index in [1.807, 2.05) is 20.8 Å². The SMILES string of the molecule is CCN1CCN([C@@H]2CNC[C@@H](C(=O)OC(C)(C)C)C2)CC1. The Kier molecular flexibility index (Phi) is 5.63. The summed E-state index contributed by atoms with van der Waals surface area (Å²) in [4.78, 5) is 17.3. The van der Waals surface area contributed by atoms with Crippen LogP contribution in [0.3, 0.4) is 0 Å². The van der Waals surface area contributed by atoms with Crippen molar-refractivity contribution in [1.82, 2.24) is 15.1 Å². The van der Waals surface area contributed by atoms with Crippen LogP contribution in [-0.4, -0.2) is 73.2 Å². The lowest BCUT2D eigenvalue weighted by molar-refractivity contribution is -0.161. The maximum Gasteiger partial charge on any atom is 0.310 e. The molecule has 2 atom stereocenters. The van der Waals surface area contributed by atoms with Crippen molar-refractivity contribution in [2.24, 2.45) is 5.92 Å². The number of nitrogens with one attached hydrogen (secondary N) is 1. The van der Waals surface area contributed by atoms with Gasteiger partial charge >= 0.3 is 5.97 Å². The molecule has 2 fully saturated rings. The fourth-order valence-corrected chi connectivity index (χ4v) is 3.21.